The van der Waals surface area contributed by atoms with Crippen LogP contribution in [0.15, 0.2) is 95.9 Å². The van der Waals surface area contributed by atoms with Gasteiger partial charge in [-0.05, 0) is 23.3 Å². The quantitative estimate of drug-likeness (QED) is 0.511. The maximum atomic E-state index is 11.0. The summed E-state index contributed by atoms with van der Waals surface area (Å²) < 4.78 is 17.9. The standard InChI is InChI=1S/C26H28O5S/c27-23-22(18-29-16-19-10-4-1-5-11-19)31-26(32-21-14-8-3-9-15-21)24(28)25(23)30-17-20-12-6-2-7-13-20/h1-15,22-28H,16-18H2/t22-,23+,24-,25+,26+/m1/s1. The van der Waals surface area contributed by atoms with Crippen molar-refractivity contribution in [2.45, 2.75) is 48.0 Å². The molecule has 0 amide bonds. The summed E-state index contributed by atoms with van der Waals surface area (Å²) in [5, 5.41) is 21.9. The Morgan fingerprint density at radius 2 is 1.28 bits per heavy atom. The summed E-state index contributed by atoms with van der Waals surface area (Å²) in [7, 11) is 0. The van der Waals surface area contributed by atoms with Crippen LogP contribution in [-0.2, 0) is 27.4 Å². The number of ether oxygens (including phenoxy) is 3. The third kappa shape index (κ3) is 6.19. The lowest BCUT2D eigenvalue weighted by Gasteiger charge is -2.42. The van der Waals surface area contributed by atoms with Gasteiger partial charge in [-0.1, -0.05) is 90.6 Å². The van der Waals surface area contributed by atoms with Crippen LogP contribution < -0.4 is 0 Å². The van der Waals surface area contributed by atoms with Crippen molar-refractivity contribution in [2.24, 2.45) is 0 Å². The van der Waals surface area contributed by atoms with Gasteiger partial charge >= 0.3 is 0 Å². The average Bonchev–Trinajstić information content (AvgIpc) is 2.84. The molecule has 0 aliphatic carbocycles. The smallest absolute Gasteiger partial charge is 0.136 e. The van der Waals surface area contributed by atoms with Gasteiger partial charge in [0.15, 0.2) is 0 Å². The zero-order valence-corrected chi connectivity index (χ0v) is 18.5. The predicted molar refractivity (Wildman–Crippen MR) is 124 cm³/mol. The maximum absolute atomic E-state index is 11.0. The molecule has 1 saturated heterocycles. The van der Waals surface area contributed by atoms with Crippen molar-refractivity contribution in [3.05, 3.63) is 102 Å². The van der Waals surface area contributed by atoms with Gasteiger partial charge < -0.3 is 24.4 Å². The highest BCUT2D eigenvalue weighted by Gasteiger charge is 2.45. The third-order valence-electron chi connectivity index (χ3n) is 5.32. The zero-order chi connectivity index (χ0) is 22.2. The van der Waals surface area contributed by atoms with E-state index in [1.807, 2.05) is 91.0 Å². The summed E-state index contributed by atoms with van der Waals surface area (Å²) in [4.78, 5) is 0.971. The monoisotopic (exact) mass is 452 g/mol. The largest absolute Gasteiger partial charge is 0.387 e. The number of hydrogen-bond acceptors (Lipinski definition) is 6. The summed E-state index contributed by atoms with van der Waals surface area (Å²) in [5.74, 6) is 0. The minimum absolute atomic E-state index is 0.194. The van der Waals surface area contributed by atoms with E-state index >= 15 is 0 Å². The highest BCUT2D eigenvalue weighted by molar-refractivity contribution is 7.99. The normalized spacial score (nSPS) is 25.5. The third-order valence-corrected chi connectivity index (χ3v) is 6.48. The van der Waals surface area contributed by atoms with E-state index in [-0.39, 0.29) is 6.61 Å². The van der Waals surface area contributed by atoms with Gasteiger partial charge in [0.05, 0.1) is 19.8 Å². The highest BCUT2D eigenvalue weighted by atomic mass is 32.2. The number of benzene rings is 3. The van der Waals surface area contributed by atoms with Crippen LogP contribution in [0.4, 0.5) is 0 Å². The number of hydrogen-bond donors (Lipinski definition) is 2. The minimum atomic E-state index is -1.02. The molecule has 1 heterocycles. The van der Waals surface area contributed by atoms with Crippen LogP contribution in [0.2, 0.25) is 0 Å². The summed E-state index contributed by atoms with van der Waals surface area (Å²) >= 11 is 1.41. The Labute approximate surface area is 193 Å². The maximum Gasteiger partial charge on any atom is 0.136 e. The topological polar surface area (TPSA) is 68.2 Å². The number of thioether (sulfide) groups is 1. The van der Waals surface area contributed by atoms with Gasteiger partial charge in [-0.25, -0.2) is 0 Å². The Bertz CT molecular complexity index is 925. The van der Waals surface area contributed by atoms with E-state index in [0.29, 0.717) is 13.2 Å². The Kier molecular flexibility index (Phi) is 8.34. The Morgan fingerprint density at radius 1 is 0.719 bits per heavy atom. The predicted octanol–water partition coefficient (Wildman–Crippen LogP) is 4.03. The van der Waals surface area contributed by atoms with Crippen molar-refractivity contribution >= 4 is 11.8 Å². The molecule has 5 atom stereocenters. The Morgan fingerprint density at radius 3 is 1.91 bits per heavy atom. The van der Waals surface area contributed by atoms with Gasteiger partial charge in [0.2, 0.25) is 0 Å². The van der Waals surface area contributed by atoms with Gasteiger partial charge in [0.25, 0.3) is 0 Å². The molecule has 1 aliphatic heterocycles. The molecule has 0 saturated carbocycles. The van der Waals surface area contributed by atoms with E-state index in [4.69, 9.17) is 14.2 Å². The van der Waals surface area contributed by atoms with Crippen LogP contribution >= 0.6 is 11.8 Å². The molecule has 1 aliphatic rings. The second kappa shape index (κ2) is 11.6. The van der Waals surface area contributed by atoms with Crippen LogP contribution in [-0.4, -0.2) is 46.7 Å². The fourth-order valence-corrected chi connectivity index (χ4v) is 4.68. The average molecular weight is 453 g/mol. The van der Waals surface area contributed by atoms with Crippen molar-refractivity contribution in [3.63, 3.8) is 0 Å². The van der Waals surface area contributed by atoms with Gasteiger partial charge in [0.1, 0.15) is 29.9 Å². The highest BCUT2D eigenvalue weighted by Crippen LogP contribution is 2.34. The molecule has 1 fully saturated rings. The lowest BCUT2D eigenvalue weighted by Crippen LogP contribution is -2.58. The lowest BCUT2D eigenvalue weighted by atomic mass is 10.00. The van der Waals surface area contributed by atoms with E-state index in [2.05, 4.69) is 0 Å². The molecule has 0 spiro atoms. The molecule has 5 nitrogen and oxygen atoms in total. The van der Waals surface area contributed by atoms with Crippen molar-refractivity contribution in [3.8, 4) is 0 Å². The van der Waals surface area contributed by atoms with E-state index in [0.717, 1.165) is 16.0 Å². The zero-order valence-electron chi connectivity index (χ0n) is 17.7. The first-order valence-electron chi connectivity index (χ1n) is 10.7. The molecule has 4 rings (SSSR count). The van der Waals surface area contributed by atoms with Gasteiger partial charge in [-0.2, -0.15) is 0 Å². The van der Waals surface area contributed by atoms with Crippen LogP contribution in [0, 0.1) is 0 Å². The van der Waals surface area contributed by atoms with Crippen molar-refractivity contribution in [2.75, 3.05) is 6.61 Å². The van der Waals surface area contributed by atoms with Gasteiger partial charge in [-0.3, -0.25) is 0 Å². The fourth-order valence-electron chi connectivity index (χ4n) is 3.60. The molecule has 6 heteroatoms. The molecule has 3 aromatic carbocycles. The lowest BCUT2D eigenvalue weighted by molar-refractivity contribution is -0.227. The first kappa shape index (κ1) is 23.0. The van der Waals surface area contributed by atoms with Crippen molar-refractivity contribution in [1.29, 1.82) is 0 Å². The number of aliphatic hydroxyl groups is 2. The minimum Gasteiger partial charge on any atom is -0.387 e. The van der Waals surface area contributed by atoms with E-state index in [1.165, 1.54) is 11.8 Å². The van der Waals surface area contributed by atoms with Crippen molar-refractivity contribution in [1.82, 2.24) is 0 Å². The summed E-state index contributed by atoms with van der Waals surface area (Å²) in [5.41, 5.74) is 1.43. The first-order chi connectivity index (χ1) is 15.7. The van der Waals surface area contributed by atoms with Crippen LogP contribution in [0.25, 0.3) is 0 Å². The number of rotatable bonds is 9. The summed E-state index contributed by atoms with van der Waals surface area (Å²) in [6.07, 6.45) is -3.43. The molecular formula is C26H28O5S. The molecule has 0 unspecified atom stereocenters. The van der Waals surface area contributed by atoms with E-state index in [9.17, 15) is 10.2 Å². The van der Waals surface area contributed by atoms with Crippen molar-refractivity contribution < 1.29 is 24.4 Å². The fraction of sp³-hybridized carbons (Fsp3) is 0.308. The second-order valence-electron chi connectivity index (χ2n) is 7.72. The van der Waals surface area contributed by atoms with Crippen LogP contribution in [0.5, 0.6) is 0 Å². The molecule has 0 radical (unpaired) electrons. The molecule has 3 aromatic rings. The molecule has 32 heavy (non-hydrogen) atoms. The van der Waals surface area contributed by atoms with Crippen LogP contribution in [0.3, 0.4) is 0 Å². The molecular weight excluding hydrogens is 424 g/mol. The van der Waals surface area contributed by atoms with E-state index < -0.39 is 29.9 Å². The Balaban J connectivity index is 1.44. The van der Waals surface area contributed by atoms with Crippen LogP contribution in [0.1, 0.15) is 11.1 Å². The summed E-state index contributed by atoms with van der Waals surface area (Å²) in [6, 6.07) is 29.3. The SMILES string of the molecule is O[C@@H]1[C@H](OCc2ccccc2)[C@@H](O)[C@H](Sc2ccccc2)O[C@@H]1COCc1ccccc1. The first-order valence-corrected chi connectivity index (χ1v) is 11.6. The Hall–Kier alpha value is -2.19. The molecule has 0 bridgehead atoms. The van der Waals surface area contributed by atoms with E-state index in [1.54, 1.807) is 0 Å². The molecule has 0 aromatic heterocycles. The van der Waals surface area contributed by atoms with Gasteiger partial charge in [0, 0.05) is 4.90 Å². The summed E-state index contributed by atoms with van der Waals surface area (Å²) in [6.45, 7) is 0.905. The second-order valence-corrected chi connectivity index (χ2v) is 8.89. The van der Waals surface area contributed by atoms with Gasteiger partial charge in [-0.15, -0.1) is 0 Å². The molecule has 2 N–H and O–H groups in total. The number of aliphatic hydroxyl groups excluding tert-OH is 2. The molecule has 168 valence electrons.